The van der Waals surface area contributed by atoms with Crippen LogP contribution in [0.1, 0.15) is 12.8 Å². The summed E-state index contributed by atoms with van der Waals surface area (Å²) in [6, 6.07) is 12.1. The molecule has 174 valence electrons. The van der Waals surface area contributed by atoms with Crippen LogP contribution in [0.4, 0.5) is 5.69 Å². The number of nitrogens with zero attached hydrogens (tertiary/aromatic N) is 6. The minimum atomic E-state index is 0.190. The van der Waals surface area contributed by atoms with Gasteiger partial charge in [-0.3, -0.25) is 14.5 Å². The van der Waals surface area contributed by atoms with Crippen molar-refractivity contribution in [3.8, 4) is 17.1 Å². The molecule has 3 aromatic rings. The van der Waals surface area contributed by atoms with Gasteiger partial charge in [0.25, 0.3) is 0 Å². The summed E-state index contributed by atoms with van der Waals surface area (Å²) >= 11 is 5.90. The van der Waals surface area contributed by atoms with Gasteiger partial charge in [-0.25, -0.2) is 4.68 Å². The number of hydrogen-bond acceptors (Lipinski definition) is 7. The molecule has 1 atom stereocenters. The minimum absolute atomic E-state index is 0.190. The second-order valence-corrected chi connectivity index (χ2v) is 8.90. The number of piperazine rings is 1. The van der Waals surface area contributed by atoms with Crippen LogP contribution in [-0.2, 0) is 18.0 Å². The average Bonchev–Trinajstić information content (AvgIpc) is 3.49. The van der Waals surface area contributed by atoms with Gasteiger partial charge < -0.3 is 14.4 Å². The van der Waals surface area contributed by atoms with Crippen molar-refractivity contribution in [3.63, 3.8) is 0 Å². The lowest BCUT2D eigenvalue weighted by Gasteiger charge is -2.35. The molecule has 8 nitrogen and oxygen atoms in total. The zero-order valence-corrected chi connectivity index (χ0v) is 19.8. The molecule has 33 heavy (non-hydrogen) atoms. The third-order valence-corrected chi connectivity index (χ3v) is 6.85. The first-order valence-corrected chi connectivity index (χ1v) is 11.9. The van der Waals surface area contributed by atoms with Gasteiger partial charge in [0.1, 0.15) is 5.75 Å². The van der Waals surface area contributed by atoms with Crippen molar-refractivity contribution in [3.05, 3.63) is 53.6 Å². The Labute approximate surface area is 199 Å². The maximum Gasteiger partial charge on any atom is 0.199 e. The predicted octanol–water partition coefficient (Wildman–Crippen LogP) is 3.44. The largest absolute Gasteiger partial charge is 0.497 e. The second kappa shape index (κ2) is 10.0. The molecule has 9 heteroatoms. The number of benzene rings is 1. The molecule has 0 saturated carbocycles. The van der Waals surface area contributed by atoms with Crippen LogP contribution in [0, 0.1) is 4.77 Å². The normalized spacial score (nSPS) is 19.2. The highest BCUT2D eigenvalue weighted by Gasteiger charge is 2.23. The van der Waals surface area contributed by atoms with Gasteiger partial charge in [-0.2, -0.15) is 5.10 Å². The van der Waals surface area contributed by atoms with Crippen molar-refractivity contribution >= 4 is 17.9 Å². The van der Waals surface area contributed by atoms with E-state index >= 15 is 0 Å². The lowest BCUT2D eigenvalue weighted by Crippen LogP contribution is -2.47. The Balaban J connectivity index is 1.35. The second-order valence-electron chi connectivity index (χ2n) is 8.53. The molecule has 2 aliphatic rings. The van der Waals surface area contributed by atoms with Crippen LogP contribution in [0.25, 0.3) is 11.4 Å². The van der Waals surface area contributed by atoms with Gasteiger partial charge >= 0.3 is 0 Å². The highest BCUT2D eigenvalue weighted by Crippen LogP contribution is 2.24. The van der Waals surface area contributed by atoms with Gasteiger partial charge in [-0.1, -0.05) is 0 Å². The summed E-state index contributed by atoms with van der Waals surface area (Å²) in [6.07, 6.45) is 6.05. The monoisotopic (exact) mass is 466 g/mol. The lowest BCUT2D eigenvalue weighted by atomic mass is 10.2. The summed E-state index contributed by atoms with van der Waals surface area (Å²) in [4.78, 5) is 8.93. The van der Waals surface area contributed by atoms with Gasteiger partial charge in [0, 0.05) is 56.4 Å². The molecule has 0 N–H and O–H groups in total. The first-order chi connectivity index (χ1) is 16.2. The number of ether oxygens (including phenoxy) is 2. The first kappa shape index (κ1) is 22.1. The SMILES string of the molecule is COc1ccc(-c2nn(CN3CCN(c4ccncc4)CC3)c(=S)n2CC2CCCO2)cc1. The van der Waals surface area contributed by atoms with Crippen molar-refractivity contribution in [2.75, 3.05) is 44.8 Å². The van der Waals surface area contributed by atoms with E-state index in [1.54, 1.807) is 7.11 Å². The molecular weight excluding hydrogens is 436 g/mol. The van der Waals surface area contributed by atoms with Gasteiger partial charge in [0.15, 0.2) is 10.6 Å². The number of methoxy groups -OCH3 is 1. The maximum absolute atomic E-state index is 5.91. The summed E-state index contributed by atoms with van der Waals surface area (Å²) in [5.74, 6) is 1.71. The summed E-state index contributed by atoms with van der Waals surface area (Å²) in [5, 5.41) is 4.96. The van der Waals surface area contributed by atoms with E-state index in [1.165, 1.54) is 5.69 Å². The molecule has 4 heterocycles. The number of pyridine rings is 1. The topological polar surface area (TPSA) is 60.6 Å². The van der Waals surface area contributed by atoms with E-state index in [-0.39, 0.29) is 6.10 Å². The van der Waals surface area contributed by atoms with E-state index in [0.717, 1.165) is 74.1 Å². The van der Waals surface area contributed by atoms with Gasteiger partial charge in [-0.15, -0.1) is 0 Å². The van der Waals surface area contributed by atoms with Crippen molar-refractivity contribution in [2.24, 2.45) is 0 Å². The molecule has 0 amide bonds. The van der Waals surface area contributed by atoms with Crippen molar-refractivity contribution < 1.29 is 9.47 Å². The van der Waals surface area contributed by atoms with E-state index < -0.39 is 0 Å². The molecule has 5 rings (SSSR count). The van der Waals surface area contributed by atoms with Crippen molar-refractivity contribution in [2.45, 2.75) is 32.2 Å². The van der Waals surface area contributed by atoms with E-state index in [1.807, 2.05) is 41.3 Å². The number of anilines is 1. The molecule has 0 bridgehead atoms. The zero-order chi connectivity index (χ0) is 22.6. The van der Waals surface area contributed by atoms with Crippen LogP contribution < -0.4 is 9.64 Å². The maximum atomic E-state index is 5.91. The Hall–Kier alpha value is -2.75. The lowest BCUT2D eigenvalue weighted by molar-refractivity contribution is 0.0966. The Bertz CT molecular complexity index is 1100. The van der Waals surface area contributed by atoms with E-state index in [4.69, 9.17) is 26.8 Å². The van der Waals surface area contributed by atoms with E-state index in [2.05, 4.69) is 31.5 Å². The minimum Gasteiger partial charge on any atom is -0.497 e. The van der Waals surface area contributed by atoms with Crippen LogP contribution in [0.2, 0.25) is 0 Å². The molecule has 0 aliphatic carbocycles. The summed E-state index contributed by atoms with van der Waals surface area (Å²) < 4.78 is 16.1. The Kier molecular flexibility index (Phi) is 6.70. The highest BCUT2D eigenvalue weighted by molar-refractivity contribution is 7.71. The van der Waals surface area contributed by atoms with Crippen molar-refractivity contribution in [1.82, 2.24) is 24.2 Å². The average molecular weight is 467 g/mol. The summed E-state index contributed by atoms with van der Waals surface area (Å²) in [5.41, 5.74) is 2.25. The third-order valence-electron chi connectivity index (χ3n) is 6.42. The van der Waals surface area contributed by atoms with Crippen LogP contribution in [0.3, 0.4) is 0 Å². The number of rotatable bonds is 7. The smallest absolute Gasteiger partial charge is 0.199 e. The quantitative estimate of drug-likeness (QED) is 0.494. The molecule has 2 saturated heterocycles. The molecule has 2 fully saturated rings. The molecule has 0 spiro atoms. The summed E-state index contributed by atoms with van der Waals surface area (Å²) in [6.45, 7) is 6.10. The van der Waals surface area contributed by atoms with Crippen LogP contribution in [0.5, 0.6) is 5.75 Å². The molecule has 2 aliphatic heterocycles. The third kappa shape index (κ3) is 4.95. The zero-order valence-electron chi connectivity index (χ0n) is 19.0. The first-order valence-electron chi connectivity index (χ1n) is 11.5. The van der Waals surface area contributed by atoms with E-state index in [9.17, 15) is 0 Å². The van der Waals surface area contributed by atoms with Gasteiger partial charge in [0.05, 0.1) is 26.4 Å². The summed E-state index contributed by atoms with van der Waals surface area (Å²) in [7, 11) is 1.68. The fourth-order valence-corrected chi connectivity index (χ4v) is 4.79. The van der Waals surface area contributed by atoms with Crippen molar-refractivity contribution in [1.29, 1.82) is 0 Å². The van der Waals surface area contributed by atoms with Crippen LogP contribution in [-0.4, -0.2) is 70.2 Å². The predicted molar refractivity (Wildman–Crippen MR) is 130 cm³/mol. The fourth-order valence-electron chi connectivity index (χ4n) is 4.54. The molecule has 0 radical (unpaired) electrons. The standard InChI is InChI=1S/C24H30N6O2S/c1-31-21-6-4-19(5-7-21)23-26-30(24(33)29(23)17-22-3-2-16-32-22)18-27-12-14-28(15-13-27)20-8-10-25-11-9-20/h4-11,22H,2-3,12-18H2,1H3. The molecule has 2 aromatic heterocycles. The fraction of sp³-hybridized carbons (Fsp3) is 0.458. The Morgan fingerprint density at radius 2 is 1.82 bits per heavy atom. The highest BCUT2D eigenvalue weighted by atomic mass is 32.1. The number of hydrogen-bond donors (Lipinski definition) is 0. The van der Waals surface area contributed by atoms with Gasteiger partial charge in [-0.05, 0) is 61.5 Å². The Morgan fingerprint density at radius 1 is 1.06 bits per heavy atom. The molecule has 1 aromatic carbocycles. The van der Waals surface area contributed by atoms with E-state index in [0.29, 0.717) is 6.67 Å². The van der Waals surface area contributed by atoms with Gasteiger partial charge in [0.2, 0.25) is 0 Å². The van der Waals surface area contributed by atoms with Crippen LogP contribution >= 0.6 is 12.2 Å². The molecular formula is C24H30N6O2S. The molecule has 1 unspecified atom stereocenters. The Morgan fingerprint density at radius 3 is 2.48 bits per heavy atom. The van der Waals surface area contributed by atoms with Crippen LogP contribution in [0.15, 0.2) is 48.8 Å². The number of aromatic nitrogens is 4.